The van der Waals surface area contributed by atoms with Gasteiger partial charge in [0.2, 0.25) is 0 Å². The molecule has 0 unspecified atom stereocenters. The van der Waals surface area contributed by atoms with E-state index in [2.05, 4.69) is 25.4 Å². The van der Waals surface area contributed by atoms with Gasteiger partial charge in [0.05, 0.1) is 6.61 Å². The fourth-order valence-corrected chi connectivity index (χ4v) is 1.45. The third kappa shape index (κ3) is 5.86. The first-order valence-electron chi connectivity index (χ1n) is 4.55. The molecule has 0 spiro atoms. The lowest BCUT2D eigenvalue weighted by molar-refractivity contribution is 0.211. The van der Waals surface area contributed by atoms with E-state index in [1.807, 2.05) is 11.8 Å². The van der Waals surface area contributed by atoms with E-state index in [1.165, 1.54) is 12.2 Å². The molecule has 0 aromatic rings. The minimum absolute atomic E-state index is 0.247. The molecule has 0 aromatic heterocycles. The fraction of sp³-hybridized carbons (Fsp3) is 1.00. The van der Waals surface area contributed by atoms with Crippen LogP contribution in [0.15, 0.2) is 0 Å². The van der Waals surface area contributed by atoms with E-state index < -0.39 is 0 Å². The summed E-state index contributed by atoms with van der Waals surface area (Å²) in [6.45, 7) is 5.52. The molecule has 0 aliphatic carbocycles. The summed E-state index contributed by atoms with van der Waals surface area (Å²) in [4.78, 5) is 0. The first kappa shape index (κ1) is 12.3. The Bertz CT molecular complexity index is 98.5. The molecule has 0 bridgehead atoms. The molecule has 0 aromatic carbocycles. The number of hydrogen-bond acceptors (Lipinski definition) is 3. The Morgan fingerprint density at radius 2 is 2.08 bits per heavy atom. The van der Waals surface area contributed by atoms with E-state index in [9.17, 15) is 0 Å². The number of thioether (sulfide) groups is 1. The van der Waals surface area contributed by atoms with Crippen LogP contribution in [0.1, 0.15) is 20.3 Å². The van der Waals surface area contributed by atoms with E-state index >= 15 is 0 Å². The van der Waals surface area contributed by atoms with Gasteiger partial charge in [0.1, 0.15) is 0 Å². The number of aliphatic hydroxyl groups is 1. The molecule has 1 atom stereocenters. The van der Waals surface area contributed by atoms with Crippen molar-refractivity contribution >= 4 is 11.8 Å². The lowest BCUT2D eigenvalue weighted by atomic mass is 10.1. The molecule has 0 aliphatic heterocycles. The number of rotatable bonds is 7. The molecule has 0 fully saturated rings. The average molecular weight is 191 g/mol. The van der Waals surface area contributed by atoms with Crippen molar-refractivity contribution in [2.45, 2.75) is 26.3 Å². The van der Waals surface area contributed by atoms with Crippen molar-refractivity contribution in [3.05, 3.63) is 0 Å². The van der Waals surface area contributed by atoms with Gasteiger partial charge in [0.25, 0.3) is 0 Å². The molecule has 3 heteroatoms. The highest BCUT2D eigenvalue weighted by molar-refractivity contribution is 7.98. The quantitative estimate of drug-likeness (QED) is 0.596. The van der Waals surface area contributed by atoms with E-state index in [1.54, 1.807) is 0 Å². The summed E-state index contributed by atoms with van der Waals surface area (Å²) in [5.74, 6) is 1.72. The highest BCUT2D eigenvalue weighted by Gasteiger charge is 2.09. The standard InChI is InChI=1S/C9H21NOS/c1-8(2)9(7-11)10-5-4-6-12-3/h8-11H,4-7H2,1-3H3/t9-/m1/s1. The van der Waals surface area contributed by atoms with Gasteiger partial charge < -0.3 is 10.4 Å². The normalized spacial score (nSPS) is 13.8. The van der Waals surface area contributed by atoms with Crippen LogP contribution in [0.4, 0.5) is 0 Å². The monoisotopic (exact) mass is 191 g/mol. The van der Waals surface area contributed by atoms with Crippen molar-refractivity contribution in [3.63, 3.8) is 0 Å². The maximum Gasteiger partial charge on any atom is 0.0587 e. The van der Waals surface area contributed by atoms with Gasteiger partial charge >= 0.3 is 0 Å². The zero-order valence-electron chi connectivity index (χ0n) is 8.34. The van der Waals surface area contributed by atoms with Crippen molar-refractivity contribution in [2.75, 3.05) is 25.2 Å². The molecule has 0 rings (SSSR count). The van der Waals surface area contributed by atoms with Crippen molar-refractivity contribution in [2.24, 2.45) is 5.92 Å². The van der Waals surface area contributed by atoms with Crippen molar-refractivity contribution in [3.8, 4) is 0 Å². The Hall–Kier alpha value is 0.270. The van der Waals surface area contributed by atoms with Gasteiger partial charge in [-0.2, -0.15) is 11.8 Å². The second-order valence-electron chi connectivity index (χ2n) is 3.33. The second kappa shape index (κ2) is 7.90. The second-order valence-corrected chi connectivity index (χ2v) is 4.32. The molecule has 0 radical (unpaired) electrons. The van der Waals surface area contributed by atoms with E-state index in [0.717, 1.165) is 6.54 Å². The molecule has 12 heavy (non-hydrogen) atoms. The first-order valence-corrected chi connectivity index (χ1v) is 5.95. The Kier molecular flexibility index (Phi) is 8.07. The van der Waals surface area contributed by atoms with Crippen LogP contribution in [-0.4, -0.2) is 36.3 Å². The zero-order chi connectivity index (χ0) is 9.40. The highest BCUT2D eigenvalue weighted by atomic mass is 32.2. The van der Waals surface area contributed by atoms with Crippen LogP contribution in [0.3, 0.4) is 0 Å². The van der Waals surface area contributed by atoms with Gasteiger partial charge in [0, 0.05) is 6.04 Å². The zero-order valence-corrected chi connectivity index (χ0v) is 9.16. The summed E-state index contributed by atoms with van der Waals surface area (Å²) >= 11 is 1.87. The summed E-state index contributed by atoms with van der Waals surface area (Å²) in [6, 6.07) is 0.270. The van der Waals surface area contributed by atoms with Gasteiger partial charge in [-0.3, -0.25) is 0 Å². The molecule has 0 saturated carbocycles. The maximum absolute atomic E-state index is 8.99. The predicted molar refractivity (Wildman–Crippen MR) is 56.7 cm³/mol. The highest BCUT2D eigenvalue weighted by Crippen LogP contribution is 2.01. The van der Waals surface area contributed by atoms with Crippen LogP contribution in [0.25, 0.3) is 0 Å². The lowest BCUT2D eigenvalue weighted by Gasteiger charge is -2.19. The fourth-order valence-electron chi connectivity index (χ4n) is 1.02. The molecular weight excluding hydrogens is 170 g/mol. The molecular formula is C9H21NOS. The molecule has 2 nitrogen and oxygen atoms in total. The van der Waals surface area contributed by atoms with Crippen molar-refractivity contribution in [1.82, 2.24) is 5.32 Å². The molecule has 0 amide bonds. The minimum atomic E-state index is 0.247. The largest absolute Gasteiger partial charge is 0.395 e. The number of hydrogen-bond donors (Lipinski definition) is 2. The van der Waals surface area contributed by atoms with Crippen LogP contribution in [0.2, 0.25) is 0 Å². The smallest absolute Gasteiger partial charge is 0.0587 e. The predicted octanol–water partition coefficient (Wildman–Crippen LogP) is 1.35. The van der Waals surface area contributed by atoms with Gasteiger partial charge in [-0.25, -0.2) is 0 Å². The van der Waals surface area contributed by atoms with Crippen LogP contribution < -0.4 is 5.32 Å². The van der Waals surface area contributed by atoms with Gasteiger partial charge in [0.15, 0.2) is 0 Å². The molecule has 2 N–H and O–H groups in total. The van der Waals surface area contributed by atoms with Crippen LogP contribution in [0.5, 0.6) is 0 Å². The third-order valence-corrected chi connectivity index (χ3v) is 2.63. The summed E-state index contributed by atoms with van der Waals surface area (Å²) in [7, 11) is 0. The summed E-state index contributed by atoms with van der Waals surface area (Å²) in [5, 5.41) is 12.3. The maximum atomic E-state index is 8.99. The Balaban J connectivity index is 3.32. The summed E-state index contributed by atoms with van der Waals surface area (Å²) in [6.07, 6.45) is 3.30. The minimum Gasteiger partial charge on any atom is -0.395 e. The molecule has 0 aliphatic rings. The third-order valence-electron chi connectivity index (χ3n) is 1.93. The average Bonchev–Trinajstić information content (AvgIpc) is 2.04. The lowest BCUT2D eigenvalue weighted by Crippen LogP contribution is -2.37. The number of aliphatic hydroxyl groups excluding tert-OH is 1. The van der Waals surface area contributed by atoms with Crippen LogP contribution >= 0.6 is 11.8 Å². The van der Waals surface area contributed by atoms with Gasteiger partial charge in [-0.05, 0) is 30.9 Å². The molecule has 0 heterocycles. The molecule has 74 valence electrons. The van der Waals surface area contributed by atoms with Crippen LogP contribution in [-0.2, 0) is 0 Å². The number of nitrogens with one attached hydrogen (secondary N) is 1. The van der Waals surface area contributed by atoms with Gasteiger partial charge in [-0.15, -0.1) is 0 Å². The topological polar surface area (TPSA) is 32.3 Å². The Labute approximate surface area is 80.1 Å². The Morgan fingerprint density at radius 1 is 1.42 bits per heavy atom. The Morgan fingerprint density at radius 3 is 2.50 bits per heavy atom. The van der Waals surface area contributed by atoms with Crippen LogP contribution in [0, 0.1) is 5.92 Å². The SMILES string of the molecule is CSCCCN[C@H](CO)C(C)C. The van der Waals surface area contributed by atoms with Crippen molar-refractivity contribution < 1.29 is 5.11 Å². The summed E-state index contributed by atoms with van der Waals surface area (Å²) < 4.78 is 0. The van der Waals surface area contributed by atoms with E-state index in [4.69, 9.17) is 5.11 Å². The first-order chi connectivity index (χ1) is 5.72. The summed E-state index contributed by atoms with van der Waals surface area (Å²) in [5.41, 5.74) is 0. The van der Waals surface area contributed by atoms with E-state index in [-0.39, 0.29) is 12.6 Å². The van der Waals surface area contributed by atoms with Crippen molar-refractivity contribution in [1.29, 1.82) is 0 Å². The van der Waals surface area contributed by atoms with E-state index in [0.29, 0.717) is 5.92 Å². The van der Waals surface area contributed by atoms with Gasteiger partial charge in [-0.1, -0.05) is 13.8 Å². The molecule has 0 saturated heterocycles.